The predicted molar refractivity (Wildman–Crippen MR) is 111 cm³/mol. The van der Waals surface area contributed by atoms with E-state index in [1.165, 1.54) is 13.0 Å². The molecule has 8 heteroatoms. The van der Waals surface area contributed by atoms with Crippen molar-refractivity contribution in [2.75, 3.05) is 12.8 Å². The van der Waals surface area contributed by atoms with Crippen LogP contribution in [0.4, 0.5) is 5.69 Å². The number of nitrogens with zero attached hydrogens (tertiary/aromatic N) is 2. The number of aliphatic carboxylic acids is 1. The summed E-state index contributed by atoms with van der Waals surface area (Å²) in [4.78, 5) is 20.1. The van der Waals surface area contributed by atoms with Crippen LogP contribution < -0.4 is 10.5 Å². The molecule has 0 bridgehead atoms. The number of aromatic nitrogens is 2. The van der Waals surface area contributed by atoms with Gasteiger partial charge < -0.3 is 15.6 Å². The Bertz CT molecular complexity index is 1110. The topological polar surface area (TPSA) is 98.3 Å². The maximum absolute atomic E-state index is 11.2. The molecule has 2 aromatic carbocycles. The van der Waals surface area contributed by atoms with E-state index in [2.05, 4.69) is 9.97 Å². The summed E-state index contributed by atoms with van der Waals surface area (Å²) in [5.74, 6) is -0.187. The van der Waals surface area contributed by atoms with E-state index in [1.54, 1.807) is 31.4 Å². The molecule has 3 rings (SSSR count). The number of rotatable bonds is 5. The normalized spacial score (nSPS) is 11.6. The van der Waals surface area contributed by atoms with E-state index in [9.17, 15) is 4.79 Å². The second-order valence-electron chi connectivity index (χ2n) is 6.16. The van der Waals surface area contributed by atoms with Gasteiger partial charge in [0.15, 0.2) is 5.82 Å². The fourth-order valence-corrected chi connectivity index (χ4v) is 3.22. The lowest BCUT2D eigenvalue weighted by atomic mass is 10.0. The molecule has 0 aliphatic carbocycles. The minimum absolute atomic E-state index is 0.125. The summed E-state index contributed by atoms with van der Waals surface area (Å²) in [6.07, 6.45) is 1.82. The average molecular weight is 418 g/mol. The van der Waals surface area contributed by atoms with E-state index in [0.29, 0.717) is 44.5 Å². The number of fused-ring (bicyclic) bond motifs is 1. The van der Waals surface area contributed by atoms with Crippen LogP contribution in [0.15, 0.2) is 35.9 Å². The van der Waals surface area contributed by atoms with E-state index in [1.807, 2.05) is 6.07 Å². The van der Waals surface area contributed by atoms with E-state index >= 15 is 0 Å². The van der Waals surface area contributed by atoms with Gasteiger partial charge in [-0.25, -0.2) is 14.8 Å². The summed E-state index contributed by atoms with van der Waals surface area (Å²) < 4.78 is 5.18. The van der Waals surface area contributed by atoms with E-state index < -0.39 is 5.97 Å². The fraction of sp³-hybridized carbons (Fsp3) is 0.150. The Morgan fingerprint density at radius 2 is 1.96 bits per heavy atom. The SMILES string of the molecule is COc1ccc(Cc2nc(/C=C(\C)C(=O)O)nc3ccc(Cl)c(N)c23)cc1Cl. The van der Waals surface area contributed by atoms with Crippen LogP contribution in [0.3, 0.4) is 0 Å². The van der Waals surface area contributed by atoms with Gasteiger partial charge in [0.05, 0.1) is 34.1 Å². The van der Waals surface area contributed by atoms with Crippen LogP contribution in [-0.4, -0.2) is 28.2 Å². The Labute approximate surface area is 171 Å². The van der Waals surface area contributed by atoms with Gasteiger partial charge in [0.2, 0.25) is 0 Å². The van der Waals surface area contributed by atoms with Crippen LogP contribution in [-0.2, 0) is 11.2 Å². The molecule has 0 spiro atoms. The number of hydrogen-bond donors (Lipinski definition) is 2. The summed E-state index contributed by atoms with van der Waals surface area (Å²) in [6.45, 7) is 1.48. The van der Waals surface area contributed by atoms with Crippen molar-refractivity contribution >= 4 is 51.8 Å². The Balaban J connectivity index is 2.17. The molecule has 0 saturated heterocycles. The number of carboxylic acid groups (broad SMARTS) is 1. The molecule has 3 N–H and O–H groups in total. The largest absolute Gasteiger partial charge is 0.495 e. The van der Waals surface area contributed by atoms with Gasteiger partial charge in [-0.15, -0.1) is 0 Å². The first kappa shape index (κ1) is 19.9. The number of hydrogen-bond acceptors (Lipinski definition) is 5. The zero-order chi connectivity index (χ0) is 20.4. The molecule has 3 aromatic rings. The van der Waals surface area contributed by atoms with Crippen LogP contribution in [0.25, 0.3) is 17.0 Å². The van der Waals surface area contributed by atoms with Crippen LogP contribution in [0.2, 0.25) is 10.0 Å². The lowest BCUT2D eigenvalue weighted by molar-refractivity contribution is -0.132. The molecule has 0 amide bonds. The number of nitrogen functional groups attached to an aromatic ring is 1. The van der Waals surface area contributed by atoms with Gasteiger partial charge >= 0.3 is 5.97 Å². The number of benzene rings is 2. The van der Waals surface area contributed by atoms with Crippen molar-refractivity contribution in [2.45, 2.75) is 13.3 Å². The molecular weight excluding hydrogens is 401 g/mol. The monoisotopic (exact) mass is 417 g/mol. The summed E-state index contributed by atoms with van der Waals surface area (Å²) >= 11 is 12.4. The number of nitrogens with two attached hydrogens (primary N) is 1. The number of carboxylic acids is 1. The standard InChI is InChI=1S/C20H17Cl2N3O3/c1-10(20(26)27)7-17-24-14-5-4-12(21)19(23)18(14)15(25-17)9-11-3-6-16(28-2)13(22)8-11/h3-8H,9,23H2,1-2H3,(H,26,27)/b10-7+. The molecule has 0 atom stereocenters. The quantitative estimate of drug-likeness (QED) is 0.464. The van der Waals surface area contributed by atoms with Crippen molar-refractivity contribution in [3.8, 4) is 5.75 Å². The summed E-state index contributed by atoms with van der Waals surface area (Å²) in [5.41, 5.74) is 8.76. The Kier molecular flexibility index (Phi) is 5.72. The molecule has 0 radical (unpaired) electrons. The number of anilines is 1. The van der Waals surface area contributed by atoms with Crippen molar-refractivity contribution in [2.24, 2.45) is 0 Å². The molecule has 28 heavy (non-hydrogen) atoms. The summed E-state index contributed by atoms with van der Waals surface area (Å²) in [7, 11) is 1.55. The highest BCUT2D eigenvalue weighted by Crippen LogP contribution is 2.32. The molecule has 0 saturated carbocycles. The second-order valence-corrected chi connectivity index (χ2v) is 6.98. The van der Waals surface area contributed by atoms with Crippen molar-refractivity contribution in [3.05, 3.63) is 63.0 Å². The smallest absolute Gasteiger partial charge is 0.331 e. The lowest BCUT2D eigenvalue weighted by Crippen LogP contribution is -2.04. The molecule has 0 fully saturated rings. The first-order valence-corrected chi connectivity index (χ1v) is 9.04. The van der Waals surface area contributed by atoms with Crippen LogP contribution in [0, 0.1) is 0 Å². The van der Waals surface area contributed by atoms with Crippen LogP contribution in [0.5, 0.6) is 5.75 Å². The molecule has 144 valence electrons. The first-order valence-electron chi connectivity index (χ1n) is 8.28. The van der Waals surface area contributed by atoms with Gasteiger partial charge in [0, 0.05) is 17.4 Å². The zero-order valence-corrected chi connectivity index (χ0v) is 16.7. The number of ether oxygens (including phenoxy) is 1. The Morgan fingerprint density at radius 3 is 2.61 bits per heavy atom. The van der Waals surface area contributed by atoms with E-state index in [4.69, 9.17) is 38.8 Å². The van der Waals surface area contributed by atoms with E-state index in [-0.39, 0.29) is 11.4 Å². The van der Waals surface area contributed by atoms with Crippen LogP contribution in [0.1, 0.15) is 24.0 Å². The highest BCUT2D eigenvalue weighted by molar-refractivity contribution is 6.34. The molecule has 0 unspecified atom stereocenters. The molecule has 1 heterocycles. The van der Waals surface area contributed by atoms with E-state index in [0.717, 1.165) is 5.56 Å². The van der Waals surface area contributed by atoms with Crippen molar-refractivity contribution in [3.63, 3.8) is 0 Å². The minimum atomic E-state index is -1.04. The van der Waals surface area contributed by atoms with Gasteiger partial charge in [-0.3, -0.25) is 0 Å². The Hall–Kier alpha value is -2.83. The average Bonchev–Trinajstić information content (AvgIpc) is 2.64. The fourth-order valence-electron chi connectivity index (χ4n) is 2.78. The highest BCUT2D eigenvalue weighted by Gasteiger charge is 2.14. The molecule has 0 aliphatic heterocycles. The minimum Gasteiger partial charge on any atom is -0.495 e. The van der Waals surface area contributed by atoms with Crippen molar-refractivity contribution in [1.29, 1.82) is 0 Å². The summed E-state index contributed by atoms with van der Waals surface area (Å²) in [6, 6.07) is 8.81. The van der Waals surface area contributed by atoms with Gasteiger partial charge in [-0.05, 0) is 42.8 Å². The molecule has 0 aliphatic rings. The first-order chi connectivity index (χ1) is 13.3. The number of methoxy groups -OCH3 is 1. The third-order valence-electron chi connectivity index (χ3n) is 4.21. The van der Waals surface area contributed by atoms with Crippen molar-refractivity contribution in [1.82, 2.24) is 9.97 Å². The third kappa shape index (κ3) is 4.03. The predicted octanol–water partition coefficient (Wildman–Crippen LogP) is 4.61. The van der Waals surface area contributed by atoms with Gasteiger partial charge in [-0.2, -0.15) is 0 Å². The third-order valence-corrected chi connectivity index (χ3v) is 4.84. The van der Waals surface area contributed by atoms with Gasteiger partial charge in [0.25, 0.3) is 0 Å². The number of halogens is 2. The molecule has 1 aromatic heterocycles. The van der Waals surface area contributed by atoms with Crippen LogP contribution >= 0.6 is 23.2 Å². The van der Waals surface area contributed by atoms with Gasteiger partial charge in [-0.1, -0.05) is 29.3 Å². The lowest BCUT2D eigenvalue weighted by Gasteiger charge is -2.12. The van der Waals surface area contributed by atoms with Gasteiger partial charge in [0.1, 0.15) is 5.75 Å². The second kappa shape index (κ2) is 8.04. The molecular formula is C20H17Cl2N3O3. The zero-order valence-electron chi connectivity index (χ0n) is 15.2. The maximum atomic E-state index is 11.2. The maximum Gasteiger partial charge on any atom is 0.331 e. The molecule has 6 nitrogen and oxygen atoms in total. The Morgan fingerprint density at radius 1 is 1.21 bits per heavy atom. The highest BCUT2D eigenvalue weighted by atomic mass is 35.5. The number of carbonyl (C=O) groups is 1. The van der Waals surface area contributed by atoms with Crippen molar-refractivity contribution < 1.29 is 14.6 Å². The summed E-state index contributed by atoms with van der Waals surface area (Å²) in [5, 5.41) is 10.6.